The molecule has 1 aromatic heterocycles. The molecule has 2 heterocycles. The van der Waals surface area contributed by atoms with E-state index in [9.17, 15) is 8.42 Å². The summed E-state index contributed by atoms with van der Waals surface area (Å²) in [6, 6.07) is 17.2. The van der Waals surface area contributed by atoms with Crippen molar-refractivity contribution in [3.8, 4) is 0 Å². The molecule has 7 heteroatoms. The summed E-state index contributed by atoms with van der Waals surface area (Å²) in [4.78, 5) is 6.37. The number of aryl methyl sites for hydroxylation is 2. The molecule has 4 rings (SSSR count). The van der Waals surface area contributed by atoms with Crippen molar-refractivity contribution in [2.75, 3.05) is 13.6 Å². The van der Waals surface area contributed by atoms with E-state index in [1.54, 1.807) is 11.6 Å². The Morgan fingerprint density at radius 3 is 2.63 bits per heavy atom. The van der Waals surface area contributed by atoms with Gasteiger partial charge in [0, 0.05) is 25.8 Å². The fraction of sp³-hybridized carbons (Fsp3) is 0.348. The van der Waals surface area contributed by atoms with Gasteiger partial charge in [0.25, 0.3) is 10.0 Å². The summed E-state index contributed by atoms with van der Waals surface area (Å²) >= 11 is 0. The average Bonchev–Trinajstić information content (AvgIpc) is 3.13. The molecule has 1 aliphatic rings. The lowest BCUT2D eigenvalue weighted by Gasteiger charge is -2.28. The van der Waals surface area contributed by atoms with Crippen molar-refractivity contribution in [1.82, 2.24) is 19.2 Å². The Bertz CT molecular complexity index is 1110. The zero-order valence-electron chi connectivity index (χ0n) is 17.5. The number of sulfonamides is 1. The van der Waals surface area contributed by atoms with Crippen LogP contribution in [0.3, 0.4) is 0 Å². The van der Waals surface area contributed by atoms with Crippen LogP contribution in [0.4, 0.5) is 0 Å². The van der Waals surface area contributed by atoms with Crippen LogP contribution in [-0.2, 0) is 36.5 Å². The fourth-order valence-corrected chi connectivity index (χ4v) is 5.08. The lowest BCUT2D eigenvalue weighted by atomic mass is 9.92. The topological polar surface area (TPSA) is 67.2 Å². The second kappa shape index (κ2) is 8.71. The van der Waals surface area contributed by atoms with E-state index in [2.05, 4.69) is 58.1 Å². The van der Waals surface area contributed by atoms with E-state index in [0.29, 0.717) is 0 Å². The van der Waals surface area contributed by atoms with Crippen LogP contribution in [0.25, 0.3) is 0 Å². The third-order valence-electron chi connectivity index (χ3n) is 5.75. The van der Waals surface area contributed by atoms with Crippen molar-refractivity contribution in [2.45, 2.75) is 36.9 Å². The van der Waals surface area contributed by atoms with Crippen molar-refractivity contribution < 1.29 is 8.42 Å². The van der Waals surface area contributed by atoms with Crippen molar-refractivity contribution in [3.05, 3.63) is 83.3 Å². The zero-order valence-corrected chi connectivity index (χ0v) is 18.3. The van der Waals surface area contributed by atoms with Crippen molar-refractivity contribution in [1.29, 1.82) is 0 Å². The minimum atomic E-state index is -3.63. The summed E-state index contributed by atoms with van der Waals surface area (Å²) in [7, 11) is 0.300. The predicted molar refractivity (Wildman–Crippen MR) is 118 cm³/mol. The summed E-state index contributed by atoms with van der Waals surface area (Å²) in [6.07, 6.45) is 6.10. The van der Waals surface area contributed by atoms with Crippen LogP contribution in [0.1, 0.15) is 34.7 Å². The third kappa shape index (κ3) is 4.64. The van der Waals surface area contributed by atoms with Crippen molar-refractivity contribution in [2.24, 2.45) is 7.05 Å². The Balaban J connectivity index is 1.58. The largest absolute Gasteiger partial charge is 0.339 e. The van der Waals surface area contributed by atoms with Gasteiger partial charge in [-0.15, -0.1) is 0 Å². The molecule has 1 atom stereocenters. The SMILES string of the molecule is CN1CCCc2ccc(CNS(=O)(=O)c3cn(C)cn3)cc2C1Cc1ccccc1. The maximum Gasteiger partial charge on any atom is 0.259 e. The summed E-state index contributed by atoms with van der Waals surface area (Å²) in [5, 5.41) is 0.0430. The lowest BCUT2D eigenvalue weighted by Crippen LogP contribution is -2.27. The van der Waals surface area contributed by atoms with Crippen LogP contribution in [-0.4, -0.2) is 36.5 Å². The van der Waals surface area contributed by atoms with Gasteiger partial charge in [0.15, 0.2) is 5.03 Å². The maximum absolute atomic E-state index is 12.5. The highest BCUT2D eigenvalue weighted by atomic mass is 32.2. The molecule has 158 valence electrons. The van der Waals surface area contributed by atoms with Gasteiger partial charge in [0.2, 0.25) is 0 Å². The van der Waals surface area contributed by atoms with E-state index in [1.807, 2.05) is 12.1 Å². The molecule has 30 heavy (non-hydrogen) atoms. The molecule has 6 nitrogen and oxygen atoms in total. The normalized spacial score (nSPS) is 17.5. The molecule has 2 aromatic carbocycles. The molecular formula is C23H28N4O2S. The number of fused-ring (bicyclic) bond motifs is 1. The number of rotatable bonds is 6. The van der Waals surface area contributed by atoms with Gasteiger partial charge in [-0.25, -0.2) is 18.1 Å². The highest BCUT2D eigenvalue weighted by molar-refractivity contribution is 7.89. The van der Waals surface area contributed by atoms with Crippen LogP contribution in [0.2, 0.25) is 0 Å². The lowest BCUT2D eigenvalue weighted by molar-refractivity contribution is 0.248. The Hall–Kier alpha value is -2.48. The first-order valence-corrected chi connectivity index (χ1v) is 11.7. The number of hydrogen-bond donors (Lipinski definition) is 1. The monoisotopic (exact) mass is 424 g/mol. The molecule has 0 saturated carbocycles. The van der Waals surface area contributed by atoms with E-state index >= 15 is 0 Å². The van der Waals surface area contributed by atoms with Gasteiger partial charge >= 0.3 is 0 Å². The van der Waals surface area contributed by atoms with Crippen LogP contribution in [0, 0.1) is 0 Å². The molecular weight excluding hydrogens is 396 g/mol. The van der Waals surface area contributed by atoms with Crippen LogP contribution < -0.4 is 4.72 Å². The highest BCUT2D eigenvalue weighted by Gasteiger charge is 2.24. The molecule has 3 aromatic rings. The van der Waals surface area contributed by atoms with E-state index in [0.717, 1.165) is 31.4 Å². The van der Waals surface area contributed by atoms with Gasteiger partial charge in [-0.1, -0.05) is 48.5 Å². The summed E-state index contributed by atoms with van der Waals surface area (Å²) in [6.45, 7) is 1.29. The highest BCUT2D eigenvalue weighted by Crippen LogP contribution is 2.31. The first-order chi connectivity index (χ1) is 14.4. The molecule has 0 radical (unpaired) electrons. The standard InChI is InChI=1S/C23H28N4O2S/c1-26-16-23(24-17-26)30(28,29)25-15-19-10-11-20-9-6-12-27(2)22(21(20)13-19)14-18-7-4-3-5-8-18/h3-5,7-8,10-11,13,16-17,22,25H,6,9,12,14-15H2,1-2H3. The van der Waals surface area contributed by atoms with Crippen LogP contribution in [0.5, 0.6) is 0 Å². The molecule has 0 spiro atoms. The average molecular weight is 425 g/mol. The second-order valence-corrected chi connectivity index (χ2v) is 9.74. The van der Waals surface area contributed by atoms with Crippen molar-refractivity contribution in [3.63, 3.8) is 0 Å². The van der Waals surface area contributed by atoms with Gasteiger partial charge in [-0.3, -0.25) is 4.90 Å². The summed E-state index contributed by atoms with van der Waals surface area (Å²) < 4.78 is 29.4. The van der Waals surface area contributed by atoms with Gasteiger partial charge in [0.05, 0.1) is 6.33 Å². The Kier molecular flexibility index (Phi) is 6.04. The van der Waals surface area contributed by atoms with Crippen LogP contribution >= 0.6 is 0 Å². The quantitative estimate of drug-likeness (QED) is 0.660. The maximum atomic E-state index is 12.5. The van der Waals surface area contributed by atoms with Crippen LogP contribution in [0.15, 0.2) is 66.1 Å². The Morgan fingerprint density at radius 2 is 1.90 bits per heavy atom. The molecule has 0 saturated heterocycles. The van der Waals surface area contributed by atoms with Crippen molar-refractivity contribution >= 4 is 10.0 Å². The molecule has 0 fully saturated rings. The molecule has 1 aliphatic heterocycles. The number of hydrogen-bond acceptors (Lipinski definition) is 4. The molecule has 1 N–H and O–H groups in total. The first kappa shape index (κ1) is 20.8. The summed E-state index contributed by atoms with van der Waals surface area (Å²) in [5.41, 5.74) is 4.93. The van der Waals surface area contributed by atoms with Gasteiger partial charge in [-0.05, 0) is 55.1 Å². The number of benzene rings is 2. The Morgan fingerprint density at radius 1 is 1.10 bits per heavy atom. The third-order valence-corrected chi connectivity index (χ3v) is 7.04. The zero-order chi connectivity index (χ0) is 21.1. The van der Waals surface area contributed by atoms with Gasteiger partial charge < -0.3 is 4.57 Å². The number of imidazole rings is 1. The Labute approximate surface area is 178 Å². The minimum absolute atomic E-state index is 0.0430. The minimum Gasteiger partial charge on any atom is -0.339 e. The number of aromatic nitrogens is 2. The van der Waals surface area contributed by atoms with E-state index < -0.39 is 10.0 Å². The molecule has 1 unspecified atom stereocenters. The number of nitrogens with zero attached hydrogens (tertiary/aromatic N) is 3. The molecule has 0 aliphatic carbocycles. The summed E-state index contributed by atoms with van der Waals surface area (Å²) in [5.74, 6) is 0. The van der Waals surface area contributed by atoms with E-state index in [-0.39, 0.29) is 17.6 Å². The number of nitrogens with one attached hydrogen (secondary N) is 1. The fourth-order valence-electron chi connectivity index (χ4n) is 4.09. The first-order valence-electron chi connectivity index (χ1n) is 10.3. The number of likely N-dealkylation sites (N-methyl/N-ethyl adjacent to an activating group) is 1. The van der Waals surface area contributed by atoms with E-state index in [4.69, 9.17) is 0 Å². The predicted octanol–water partition coefficient (Wildman–Crippen LogP) is 3.06. The van der Waals surface area contributed by atoms with Gasteiger partial charge in [-0.2, -0.15) is 0 Å². The second-order valence-electron chi connectivity index (χ2n) is 8.02. The smallest absolute Gasteiger partial charge is 0.259 e. The molecule has 0 bridgehead atoms. The van der Waals surface area contributed by atoms with Gasteiger partial charge in [0.1, 0.15) is 0 Å². The molecule has 0 amide bonds. The van der Waals surface area contributed by atoms with E-state index in [1.165, 1.54) is 29.2 Å².